The number of aliphatic hydroxyl groups is 1. The van der Waals surface area contributed by atoms with Gasteiger partial charge in [-0.3, -0.25) is 0 Å². The molecule has 0 fully saturated rings. The number of aliphatic hydroxyl groups excluding tert-OH is 1. The average molecular weight is 338 g/mol. The van der Waals surface area contributed by atoms with Crippen molar-refractivity contribution in [3.05, 3.63) is 22.7 Å². The Kier molecular flexibility index (Phi) is 5.15. The number of ether oxygens (including phenoxy) is 1. The van der Waals surface area contributed by atoms with Gasteiger partial charge in [-0.15, -0.1) is 0 Å². The van der Waals surface area contributed by atoms with Gasteiger partial charge in [0.05, 0.1) is 13.7 Å². The molecule has 0 heterocycles. The lowest BCUT2D eigenvalue weighted by Crippen LogP contribution is -2.37. The number of benzene rings is 1. The van der Waals surface area contributed by atoms with Crippen LogP contribution in [0.1, 0.15) is 6.92 Å². The summed E-state index contributed by atoms with van der Waals surface area (Å²) in [7, 11) is -0.856. The molecule has 5 nitrogen and oxygen atoms in total. The Morgan fingerprint density at radius 2 is 2.11 bits per heavy atom. The SMILES string of the molecule is COc1ccc(Br)cc1S(=O)(=O)N(C)C(C)CO. The summed E-state index contributed by atoms with van der Waals surface area (Å²) >= 11 is 3.23. The van der Waals surface area contributed by atoms with Crippen LogP contribution in [-0.4, -0.2) is 44.6 Å². The second kappa shape index (κ2) is 6.01. The molecule has 102 valence electrons. The molecule has 0 aliphatic heterocycles. The van der Waals surface area contributed by atoms with Crippen LogP contribution in [-0.2, 0) is 10.0 Å². The molecule has 1 aromatic rings. The smallest absolute Gasteiger partial charge is 0.246 e. The maximum atomic E-state index is 12.4. The van der Waals surface area contributed by atoms with Gasteiger partial charge >= 0.3 is 0 Å². The molecule has 0 saturated carbocycles. The maximum absolute atomic E-state index is 12.4. The molecule has 0 aromatic heterocycles. The van der Waals surface area contributed by atoms with Crippen LogP contribution >= 0.6 is 15.9 Å². The van der Waals surface area contributed by atoms with E-state index in [0.29, 0.717) is 4.47 Å². The molecule has 0 saturated heterocycles. The molecule has 0 aliphatic rings. The molecule has 1 rings (SSSR count). The molecule has 1 N–H and O–H groups in total. The first kappa shape index (κ1) is 15.4. The van der Waals surface area contributed by atoms with Crippen LogP contribution in [0, 0.1) is 0 Å². The quantitative estimate of drug-likeness (QED) is 0.883. The largest absolute Gasteiger partial charge is 0.495 e. The average Bonchev–Trinajstić information content (AvgIpc) is 2.36. The lowest BCUT2D eigenvalue weighted by molar-refractivity contribution is 0.213. The van der Waals surface area contributed by atoms with Gasteiger partial charge < -0.3 is 9.84 Å². The van der Waals surface area contributed by atoms with Gasteiger partial charge in [0.25, 0.3) is 0 Å². The third-order valence-electron chi connectivity index (χ3n) is 2.67. The van der Waals surface area contributed by atoms with E-state index in [1.165, 1.54) is 20.2 Å². The van der Waals surface area contributed by atoms with Gasteiger partial charge in [0.2, 0.25) is 10.0 Å². The summed E-state index contributed by atoms with van der Waals surface area (Å²) in [5.41, 5.74) is 0. The molecule has 0 aliphatic carbocycles. The monoisotopic (exact) mass is 337 g/mol. The molecule has 18 heavy (non-hydrogen) atoms. The molecule has 1 atom stereocenters. The van der Waals surface area contributed by atoms with E-state index in [9.17, 15) is 8.42 Å². The van der Waals surface area contributed by atoms with E-state index in [2.05, 4.69) is 15.9 Å². The van der Waals surface area contributed by atoms with Gasteiger partial charge in [-0.05, 0) is 25.1 Å². The van der Waals surface area contributed by atoms with E-state index in [-0.39, 0.29) is 17.3 Å². The van der Waals surface area contributed by atoms with Crippen molar-refractivity contribution in [1.29, 1.82) is 0 Å². The van der Waals surface area contributed by atoms with E-state index in [1.807, 2.05) is 0 Å². The molecular formula is C11H16BrNO4S. The number of likely N-dealkylation sites (N-methyl/N-ethyl adjacent to an activating group) is 1. The highest BCUT2D eigenvalue weighted by atomic mass is 79.9. The molecule has 1 aromatic carbocycles. The third kappa shape index (κ3) is 3.03. The van der Waals surface area contributed by atoms with Gasteiger partial charge in [0.1, 0.15) is 10.6 Å². The molecule has 7 heteroatoms. The fourth-order valence-corrected chi connectivity index (χ4v) is 3.40. The fourth-order valence-electron chi connectivity index (χ4n) is 1.36. The van der Waals surface area contributed by atoms with Crippen LogP contribution in [0.3, 0.4) is 0 Å². The summed E-state index contributed by atoms with van der Waals surface area (Å²) in [4.78, 5) is 0.0715. The minimum absolute atomic E-state index is 0.0715. The summed E-state index contributed by atoms with van der Waals surface area (Å²) in [6.07, 6.45) is 0. The van der Waals surface area contributed by atoms with Crippen LogP contribution in [0.5, 0.6) is 5.75 Å². The number of halogens is 1. The van der Waals surface area contributed by atoms with E-state index in [1.54, 1.807) is 19.1 Å². The second-order valence-corrected chi connectivity index (χ2v) is 6.73. The van der Waals surface area contributed by atoms with Gasteiger partial charge in [0, 0.05) is 17.6 Å². The highest BCUT2D eigenvalue weighted by Gasteiger charge is 2.28. The minimum Gasteiger partial charge on any atom is -0.495 e. The van der Waals surface area contributed by atoms with E-state index in [4.69, 9.17) is 9.84 Å². The van der Waals surface area contributed by atoms with Crippen molar-refractivity contribution >= 4 is 26.0 Å². The summed E-state index contributed by atoms with van der Waals surface area (Å²) in [6, 6.07) is 4.26. The zero-order valence-electron chi connectivity index (χ0n) is 10.4. The first-order valence-electron chi connectivity index (χ1n) is 5.27. The fraction of sp³-hybridized carbons (Fsp3) is 0.455. The summed E-state index contributed by atoms with van der Waals surface area (Å²) in [5, 5.41) is 9.05. The first-order valence-corrected chi connectivity index (χ1v) is 7.50. The van der Waals surface area contributed by atoms with Gasteiger partial charge in [-0.1, -0.05) is 15.9 Å². The van der Waals surface area contributed by atoms with Gasteiger partial charge in [-0.25, -0.2) is 8.42 Å². The summed E-state index contributed by atoms with van der Waals surface area (Å²) in [5.74, 6) is 0.273. The predicted octanol–water partition coefficient (Wildman–Crippen LogP) is 1.46. The van der Waals surface area contributed by atoms with E-state index < -0.39 is 16.1 Å². The topological polar surface area (TPSA) is 66.8 Å². The van der Waals surface area contributed by atoms with Crippen molar-refractivity contribution in [2.75, 3.05) is 20.8 Å². The molecule has 0 spiro atoms. The Morgan fingerprint density at radius 1 is 1.50 bits per heavy atom. The Balaban J connectivity index is 3.31. The third-order valence-corrected chi connectivity index (χ3v) is 5.15. The van der Waals surface area contributed by atoms with Crippen LogP contribution in [0.4, 0.5) is 0 Å². The predicted molar refractivity (Wildman–Crippen MR) is 72.2 cm³/mol. The molecular weight excluding hydrogens is 322 g/mol. The molecule has 0 bridgehead atoms. The molecule has 0 amide bonds. The van der Waals surface area contributed by atoms with Crippen molar-refractivity contribution in [1.82, 2.24) is 4.31 Å². The van der Waals surface area contributed by atoms with Crippen LogP contribution < -0.4 is 4.74 Å². The Hall–Kier alpha value is -0.630. The lowest BCUT2D eigenvalue weighted by Gasteiger charge is -2.23. The maximum Gasteiger partial charge on any atom is 0.246 e. The Labute approximate surface area is 116 Å². The highest BCUT2D eigenvalue weighted by Crippen LogP contribution is 2.29. The molecule has 1 unspecified atom stereocenters. The standard InChI is InChI=1S/C11H16BrNO4S/c1-8(7-14)13(2)18(15,16)11-6-9(12)4-5-10(11)17-3/h4-6,8,14H,7H2,1-3H3. The normalized spacial score (nSPS) is 13.7. The van der Waals surface area contributed by atoms with Crippen LogP contribution in [0.2, 0.25) is 0 Å². The van der Waals surface area contributed by atoms with Crippen molar-refractivity contribution in [3.8, 4) is 5.75 Å². The van der Waals surface area contributed by atoms with Crippen molar-refractivity contribution in [2.45, 2.75) is 17.9 Å². The zero-order valence-corrected chi connectivity index (χ0v) is 12.8. The van der Waals surface area contributed by atoms with Crippen molar-refractivity contribution < 1.29 is 18.3 Å². The van der Waals surface area contributed by atoms with Crippen LogP contribution in [0.25, 0.3) is 0 Å². The van der Waals surface area contributed by atoms with Gasteiger partial charge in [-0.2, -0.15) is 4.31 Å². The summed E-state index contributed by atoms with van der Waals surface area (Å²) in [6.45, 7) is 1.38. The highest BCUT2D eigenvalue weighted by molar-refractivity contribution is 9.10. The van der Waals surface area contributed by atoms with Gasteiger partial charge in [0.15, 0.2) is 0 Å². The molecule has 0 radical (unpaired) electrons. The van der Waals surface area contributed by atoms with E-state index >= 15 is 0 Å². The van der Waals surface area contributed by atoms with Crippen molar-refractivity contribution in [3.63, 3.8) is 0 Å². The zero-order chi connectivity index (χ0) is 13.9. The Morgan fingerprint density at radius 3 is 2.61 bits per heavy atom. The minimum atomic E-state index is -3.70. The number of rotatable bonds is 5. The number of nitrogens with zero attached hydrogens (tertiary/aromatic N) is 1. The summed E-state index contributed by atoms with van der Waals surface area (Å²) < 4.78 is 31.6. The number of hydrogen-bond donors (Lipinski definition) is 1. The number of sulfonamides is 1. The first-order chi connectivity index (χ1) is 8.34. The lowest BCUT2D eigenvalue weighted by atomic mass is 10.3. The number of methoxy groups -OCH3 is 1. The Bertz CT molecular complexity index is 518. The second-order valence-electron chi connectivity index (χ2n) is 3.85. The van der Waals surface area contributed by atoms with Crippen molar-refractivity contribution in [2.24, 2.45) is 0 Å². The van der Waals surface area contributed by atoms with E-state index in [0.717, 1.165) is 4.31 Å². The van der Waals surface area contributed by atoms with Crippen LogP contribution in [0.15, 0.2) is 27.6 Å². The number of hydrogen-bond acceptors (Lipinski definition) is 4.